The number of amides is 1. The molecular weight excluding hydrogens is 290 g/mol. The lowest BCUT2D eigenvalue weighted by Crippen LogP contribution is -2.39. The van der Waals surface area contributed by atoms with Crippen molar-refractivity contribution in [1.82, 2.24) is 5.32 Å². The molecule has 0 heterocycles. The molecule has 1 aromatic carbocycles. The van der Waals surface area contributed by atoms with Crippen molar-refractivity contribution in [3.05, 3.63) is 35.9 Å². The number of aliphatic carboxylic acids is 1. The van der Waals surface area contributed by atoms with Crippen molar-refractivity contribution in [1.29, 1.82) is 0 Å². The number of ether oxygens (including phenoxy) is 3. The first kappa shape index (κ1) is 17.9. The van der Waals surface area contributed by atoms with E-state index in [0.29, 0.717) is 0 Å². The molecule has 0 bridgehead atoms. The second-order valence-corrected chi connectivity index (χ2v) is 4.61. The predicted octanol–water partition coefficient (Wildman–Crippen LogP) is 1.77. The van der Waals surface area contributed by atoms with Crippen LogP contribution in [0.5, 0.6) is 0 Å². The first-order chi connectivity index (χ1) is 10.6. The van der Waals surface area contributed by atoms with E-state index in [2.05, 4.69) is 5.32 Å². The summed E-state index contributed by atoms with van der Waals surface area (Å²) in [6, 6.07) is 8.82. The second kappa shape index (κ2) is 10.6. The lowest BCUT2D eigenvalue weighted by Gasteiger charge is -2.17. The highest BCUT2D eigenvalue weighted by Gasteiger charge is 2.15. The molecule has 7 nitrogen and oxygen atoms in total. The number of methoxy groups -OCH3 is 1. The van der Waals surface area contributed by atoms with Crippen LogP contribution in [0.1, 0.15) is 18.4 Å². The highest BCUT2D eigenvalue weighted by molar-refractivity contribution is 5.68. The summed E-state index contributed by atoms with van der Waals surface area (Å²) < 4.78 is 15.0. The summed E-state index contributed by atoms with van der Waals surface area (Å²) in [6.07, 6.45) is -0.431. The lowest BCUT2D eigenvalue weighted by molar-refractivity contribution is -0.137. The van der Waals surface area contributed by atoms with Crippen LogP contribution in [0, 0.1) is 0 Å². The van der Waals surface area contributed by atoms with Gasteiger partial charge in [-0.15, -0.1) is 0 Å². The first-order valence-corrected chi connectivity index (χ1v) is 6.87. The summed E-state index contributed by atoms with van der Waals surface area (Å²) in [5.74, 6) is -0.934. The fraction of sp³-hybridized carbons (Fsp3) is 0.467. The van der Waals surface area contributed by atoms with Crippen LogP contribution in [0.2, 0.25) is 0 Å². The predicted molar refractivity (Wildman–Crippen MR) is 78.2 cm³/mol. The third-order valence-corrected chi connectivity index (χ3v) is 2.76. The van der Waals surface area contributed by atoms with Gasteiger partial charge in [-0.1, -0.05) is 30.3 Å². The van der Waals surface area contributed by atoms with Gasteiger partial charge in [-0.2, -0.15) is 0 Å². The molecule has 1 rings (SSSR count). The molecule has 1 atom stereocenters. The SMILES string of the molecule is COCOC[C@@H](CCC(=O)O)NC(=O)OCc1ccccc1. The summed E-state index contributed by atoms with van der Waals surface area (Å²) in [4.78, 5) is 22.4. The minimum atomic E-state index is -0.934. The van der Waals surface area contributed by atoms with Crippen molar-refractivity contribution >= 4 is 12.1 Å². The van der Waals surface area contributed by atoms with E-state index in [1.54, 1.807) is 0 Å². The average Bonchev–Trinajstić information content (AvgIpc) is 2.51. The van der Waals surface area contributed by atoms with Gasteiger partial charge in [-0.3, -0.25) is 4.79 Å². The van der Waals surface area contributed by atoms with Crippen molar-refractivity contribution < 1.29 is 28.9 Å². The van der Waals surface area contributed by atoms with Crippen LogP contribution >= 0.6 is 0 Å². The Hall–Kier alpha value is -2.12. The van der Waals surface area contributed by atoms with E-state index in [0.717, 1.165) is 5.56 Å². The van der Waals surface area contributed by atoms with Gasteiger partial charge in [0.2, 0.25) is 0 Å². The minimum Gasteiger partial charge on any atom is -0.481 e. The maximum absolute atomic E-state index is 11.7. The molecule has 0 saturated heterocycles. The van der Waals surface area contributed by atoms with Gasteiger partial charge in [0.15, 0.2) is 0 Å². The summed E-state index contributed by atoms with van der Waals surface area (Å²) >= 11 is 0. The minimum absolute atomic E-state index is 0.0695. The Morgan fingerprint density at radius 2 is 2.00 bits per heavy atom. The molecule has 22 heavy (non-hydrogen) atoms. The van der Waals surface area contributed by atoms with Crippen molar-refractivity contribution in [2.45, 2.75) is 25.5 Å². The molecule has 0 unspecified atom stereocenters. The third kappa shape index (κ3) is 8.23. The zero-order valence-corrected chi connectivity index (χ0v) is 12.5. The Morgan fingerprint density at radius 3 is 2.64 bits per heavy atom. The molecule has 1 amide bonds. The standard InChI is InChI=1S/C15H21NO6/c1-20-11-21-10-13(7-8-14(17)18)16-15(19)22-9-12-5-3-2-4-6-12/h2-6,13H,7-11H2,1H3,(H,16,19)(H,17,18)/t13-/m1/s1. The van der Waals surface area contributed by atoms with E-state index in [4.69, 9.17) is 19.3 Å². The first-order valence-electron chi connectivity index (χ1n) is 6.87. The summed E-state index contributed by atoms with van der Waals surface area (Å²) in [5, 5.41) is 11.3. The van der Waals surface area contributed by atoms with Gasteiger partial charge in [0.05, 0.1) is 12.6 Å². The van der Waals surface area contributed by atoms with Gasteiger partial charge in [-0.25, -0.2) is 4.79 Å². The zero-order chi connectivity index (χ0) is 16.2. The molecule has 0 radical (unpaired) electrons. The van der Waals surface area contributed by atoms with E-state index < -0.39 is 18.1 Å². The van der Waals surface area contributed by atoms with Gasteiger partial charge < -0.3 is 24.6 Å². The van der Waals surface area contributed by atoms with Crippen molar-refractivity contribution in [2.75, 3.05) is 20.5 Å². The number of alkyl carbamates (subject to hydrolysis) is 1. The van der Waals surface area contributed by atoms with Crippen LogP contribution in [-0.2, 0) is 25.6 Å². The highest BCUT2D eigenvalue weighted by atomic mass is 16.7. The summed E-state index contributed by atoms with van der Waals surface area (Å²) in [7, 11) is 1.48. The van der Waals surface area contributed by atoms with E-state index in [-0.39, 0.29) is 32.8 Å². The molecule has 0 aliphatic carbocycles. The lowest BCUT2D eigenvalue weighted by atomic mass is 10.2. The number of carboxylic acid groups (broad SMARTS) is 1. The Bertz CT molecular complexity index is 451. The number of hydrogen-bond donors (Lipinski definition) is 2. The van der Waals surface area contributed by atoms with Crippen LogP contribution in [0.4, 0.5) is 4.79 Å². The smallest absolute Gasteiger partial charge is 0.407 e. The van der Waals surface area contributed by atoms with Gasteiger partial charge in [-0.05, 0) is 12.0 Å². The largest absolute Gasteiger partial charge is 0.481 e. The molecule has 0 aliphatic rings. The number of rotatable bonds is 10. The molecule has 0 spiro atoms. The number of carbonyl (C=O) groups is 2. The monoisotopic (exact) mass is 311 g/mol. The molecule has 0 fully saturated rings. The topological polar surface area (TPSA) is 94.1 Å². The molecule has 2 N–H and O–H groups in total. The van der Waals surface area contributed by atoms with Gasteiger partial charge in [0.1, 0.15) is 13.4 Å². The molecular formula is C15H21NO6. The molecule has 0 aromatic heterocycles. The molecule has 122 valence electrons. The molecule has 0 saturated carbocycles. The fourth-order valence-corrected chi connectivity index (χ4v) is 1.70. The Labute approximate surface area is 129 Å². The number of hydrogen-bond acceptors (Lipinski definition) is 5. The highest BCUT2D eigenvalue weighted by Crippen LogP contribution is 2.03. The summed E-state index contributed by atoms with van der Waals surface area (Å²) in [6.45, 7) is 0.378. The maximum Gasteiger partial charge on any atom is 0.407 e. The van der Waals surface area contributed by atoms with Crippen molar-refractivity contribution in [2.24, 2.45) is 0 Å². The zero-order valence-electron chi connectivity index (χ0n) is 12.5. The van der Waals surface area contributed by atoms with Gasteiger partial charge >= 0.3 is 12.1 Å². The van der Waals surface area contributed by atoms with Crippen LogP contribution in [0.3, 0.4) is 0 Å². The average molecular weight is 311 g/mol. The third-order valence-electron chi connectivity index (χ3n) is 2.76. The van der Waals surface area contributed by atoms with E-state index >= 15 is 0 Å². The molecule has 1 aromatic rings. The number of benzene rings is 1. The number of nitrogens with one attached hydrogen (secondary N) is 1. The Balaban J connectivity index is 2.37. The fourth-order valence-electron chi connectivity index (χ4n) is 1.70. The van der Waals surface area contributed by atoms with Gasteiger partial charge in [0.25, 0.3) is 0 Å². The van der Waals surface area contributed by atoms with E-state index in [1.807, 2.05) is 30.3 Å². The van der Waals surface area contributed by atoms with E-state index in [1.165, 1.54) is 7.11 Å². The quantitative estimate of drug-likeness (QED) is 0.505. The Kier molecular flexibility index (Phi) is 8.63. The van der Waals surface area contributed by atoms with E-state index in [9.17, 15) is 9.59 Å². The summed E-state index contributed by atoms with van der Waals surface area (Å²) in [5.41, 5.74) is 0.871. The second-order valence-electron chi connectivity index (χ2n) is 4.61. The number of carboxylic acids is 1. The van der Waals surface area contributed by atoms with Crippen LogP contribution in [-0.4, -0.2) is 43.7 Å². The van der Waals surface area contributed by atoms with Crippen molar-refractivity contribution in [3.8, 4) is 0 Å². The molecule has 7 heteroatoms. The van der Waals surface area contributed by atoms with Crippen LogP contribution < -0.4 is 5.32 Å². The molecule has 0 aliphatic heterocycles. The normalized spacial score (nSPS) is 11.7. The van der Waals surface area contributed by atoms with Crippen LogP contribution in [0.15, 0.2) is 30.3 Å². The van der Waals surface area contributed by atoms with Gasteiger partial charge in [0, 0.05) is 13.5 Å². The number of carbonyl (C=O) groups excluding carboxylic acids is 1. The van der Waals surface area contributed by atoms with Crippen LogP contribution in [0.25, 0.3) is 0 Å². The van der Waals surface area contributed by atoms with Crippen molar-refractivity contribution in [3.63, 3.8) is 0 Å². The Morgan fingerprint density at radius 1 is 1.27 bits per heavy atom. The maximum atomic E-state index is 11.7.